The Bertz CT molecular complexity index is 117. The van der Waals surface area contributed by atoms with Gasteiger partial charge in [0.25, 0.3) is 0 Å². The van der Waals surface area contributed by atoms with E-state index in [0.29, 0.717) is 0 Å². The van der Waals surface area contributed by atoms with Crippen molar-refractivity contribution in [1.29, 1.82) is 0 Å². The van der Waals surface area contributed by atoms with Crippen molar-refractivity contribution in [2.45, 2.75) is 25.4 Å². The first-order valence-electron chi connectivity index (χ1n) is 4.88. The molecule has 0 bridgehead atoms. The van der Waals surface area contributed by atoms with Gasteiger partial charge in [-0.3, -0.25) is 0 Å². The first kappa shape index (κ1) is 9.96. The van der Waals surface area contributed by atoms with E-state index in [0.717, 1.165) is 45.4 Å². The fraction of sp³-hybridized carbons (Fsp3) is 1.00. The van der Waals surface area contributed by atoms with Crippen molar-refractivity contribution in [2.75, 3.05) is 33.2 Å². The highest BCUT2D eigenvalue weighted by Gasteiger charge is 2.13. The maximum absolute atomic E-state index is 9.39. The van der Waals surface area contributed by atoms with Crippen LogP contribution in [0, 0.1) is 0 Å². The summed E-state index contributed by atoms with van der Waals surface area (Å²) in [4.78, 5) is 2.42. The minimum absolute atomic E-state index is 0.0513. The molecule has 2 N–H and O–H groups in total. The molecule has 1 fully saturated rings. The molecule has 1 aliphatic rings. The van der Waals surface area contributed by atoms with Gasteiger partial charge >= 0.3 is 0 Å². The Morgan fingerprint density at radius 1 is 1.42 bits per heavy atom. The normalized spacial score (nSPS) is 27.0. The minimum Gasteiger partial charge on any atom is -0.393 e. The first-order valence-corrected chi connectivity index (χ1v) is 4.88. The zero-order valence-electron chi connectivity index (χ0n) is 7.92. The number of aliphatic hydroxyl groups excluding tert-OH is 1. The molecule has 72 valence electrons. The molecule has 3 nitrogen and oxygen atoms in total. The van der Waals surface area contributed by atoms with E-state index in [1.165, 1.54) is 0 Å². The van der Waals surface area contributed by atoms with Crippen molar-refractivity contribution in [3.05, 3.63) is 0 Å². The third kappa shape index (κ3) is 3.52. The van der Waals surface area contributed by atoms with E-state index in [2.05, 4.69) is 10.2 Å². The number of hydrogen-bond acceptors (Lipinski definition) is 3. The van der Waals surface area contributed by atoms with Crippen LogP contribution in [-0.2, 0) is 0 Å². The van der Waals surface area contributed by atoms with Crippen LogP contribution in [0.1, 0.15) is 19.3 Å². The van der Waals surface area contributed by atoms with Crippen LogP contribution in [0.4, 0.5) is 0 Å². The van der Waals surface area contributed by atoms with E-state index in [1.54, 1.807) is 0 Å². The topological polar surface area (TPSA) is 35.5 Å². The molecule has 0 amide bonds. The van der Waals surface area contributed by atoms with Gasteiger partial charge in [-0.1, -0.05) is 0 Å². The second-order valence-electron chi connectivity index (χ2n) is 3.53. The number of nitrogens with one attached hydrogen (secondary N) is 1. The fourth-order valence-electron chi connectivity index (χ4n) is 1.63. The fourth-order valence-corrected chi connectivity index (χ4v) is 1.63. The number of hydrogen-bond donors (Lipinski definition) is 2. The number of rotatable bonds is 3. The lowest BCUT2D eigenvalue weighted by atomic mass is 10.2. The molecule has 1 rings (SSSR count). The summed E-state index contributed by atoms with van der Waals surface area (Å²) in [7, 11) is 1.98. The van der Waals surface area contributed by atoms with Crippen LogP contribution < -0.4 is 5.32 Å². The third-order valence-corrected chi connectivity index (χ3v) is 2.47. The molecule has 0 radical (unpaired) electrons. The van der Waals surface area contributed by atoms with Crippen molar-refractivity contribution >= 4 is 0 Å². The maximum atomic E-state index is 9.39. The van der Waals surface area contributed by atoms with Crippen LogP contribution in [0.15, 0.2) is 0 Å². The Labute approximate surface area is 74.8 Å². The van der Waals surface area contributed by atoms with E-state index in [9.17, 15) is 5.11 Å². The summed E-state index contributed by atoms with van der Waals surface area (Å²) >= 11 is 0. The lowest BCUT2D eigenvalue weighted by Gasteiger charge is -2.18. The van der Waals surface area contributed by atoms with Gasteiger partial charge < -0.3 is 15.3 Å². The van der Waals surface area contributed by atoms with Gasteiger partial charge in [-0.05, 0) is 32.9 Å². The summed E-state index contributed by atoms with van der Waals surface area (Å²) in [6.07, 6.45) is 3.02. The zero-order valence-corrected chi connectivity index (χ0v) is 7.92. The van der Waals surface area contributed by atoms with Crippen molar-refractivity contribution < 1.29 is 5.11 Å². The number of likely N-dealkylation sites (N-methyl/N-ethyl adjacent to an activating group) is 1. The number of aliphatic hydroxyl groups is 1. The standard InChI is InChI=1S/C9H20N2O/c1-10-5-8-11-6-2-3-9(12)4-7-11/h9-10,12H,2-8H2,1H3. The Morgan fingerprint density at radius 3 is 3.00 bits per heavy atom. The molecular formula is C9H20N2O. The summed E-state index contributed by atoms with van der Waals surface area (Å²) in [5, 5.41) is 12.5. The summed E-state index contributed by atoms with van der Waals surface area (Å²) in [5.41, 5.74) is 0. The molecule has 1 saturated heterocycles. The lowest BCUT2D eigenvalue weighted by Crippen LogP contribution is -2.31. The molecule has 1 heterocycles. The van der Waals surface area contributed by atoms with Crippen molar-refractivity contribution in [1.82, 2.24) is 10.2 Å². The molecule has 1 unspecified atom stereocenters. The largest absolute Gasteiger partial charge is 0.393 e. The number of nitrogens with zero attached hydrogens (tertiary/aromatic N) is 1. The van der Waals surface area contributed by atoms with Crippen molar-refractivity contribution in [3.63, 3.8) is 0 Å². The lowest BCUT2D eigenvalue weighted by molar-refractivity contribution is 0.155. The average molecular weight is 172 g/mol. The highest BCUT2D eigenvalue weighted by atomic mass is 16.3. The summed E-state index contributed by atoms with van der Waals surface area (Å²) in [5.74, 6) is 0. The highest BCUT2D eigenvalue weighted by molar-refractivity contribution is 4.68. The molecular weight excluding hydrogens is 152 g/mol. The van der Waals surface area contributed by atoms with E-state index in [1.807, 2.05) is 7.05 Å². The minimum atomic E-state index is -0.0513. The van der Waals surface area contributed by atoms with Gasteiger partial charge in [0.2, 0.25) is 0 Å². The van der Waals surface area contributed by atoms with Crippen LogP contribution in [0.25, 0.3) is 0 Å². The molecule has 0 aromatic rings. The molecule has 1 atom stereocenters. The van der Waals surface area contributed by atoms with Gasteiger partial charge in [-0.25, -0.2) is 0 Å². The second kappa shape index (κ2) is 5.51. The van der Waals surface area contributed by atoms with Crippen LogP contribution in [-0.4, -0.2) is 49.3 Å². The molecule has 0 aromatic carbocycles. The van der Waals surface area contributed by atoms with Gasteiger partial charge in [0, 0.05) is 19.6 Å². The predicted molar refractivity (Wildman–Crippen MR) is 50.2 cm³/mol. The van der Waals surface area contributed by atoms with Gasteiger partial charge in [0.05, 0.1) is 6.10 Å². The van der Waals surface area contributed by atoms with Gasteiger partial charge in [0.15, 0.2) is 0 Å². The molecule has 0 aliphatic carbocycles. The monoisotopic (exact) mass is 172 g/mol. The van der Waals surface area contributed by atoms with Crippen LogP contribution in [0.2, 0.25) is 0 Å². The molecule has 3 heteroatoms. The van der Waals surface area contributed by atoms with E-state index in [4.69, 9.17) is 0 Å². The van der Waals surface area contributed by atoms with Crippen molar-refractivity contribution in [2.24, 2.45) is 0 Å². The summed E-state index contributed by atoms with van der Waals surface area (Å²) in [6.45, 7) is 4.38. The molecule has 0 saturated carbocycles. The summed E-state index contributed by atoms with van der Waals surface area (Å²) in [6, 6.07) is 0. The Morgan fingerprint density at radius 2 is 2.25 bits per heavy atom. The molecule has 0 spiro atoms. The van der Waals surface area contributed by atoms with Gasteiger partial charge in [-0.15, -0.1) is 0 Å². The molecule has 0 aromatic heterocycles. The van der Waals surface area contributed by atoms with E-state index in [-0.39, 0.29) is 6.10 Å². The Kier molecular flexibility index (Phi) is 4.58. The summed E-state index contributed by atoms with van der Waals surface area (Å²) < 4.78 is 0. The Balaban J connectivity index is 2.17. The number of likely N-dealkylation sites (tertiary alicyclic amines) is 1. The smallest absolute Gasteiger partial charge is 0.0553 e. The quantitative estimate of drug-likeness (QED) is 0.631. The second-order valence-corrected chi connectivity index (χ2v) is 3.53. The maximum Gasteiger partial charge on any atom is 0.0553 e. The average Bonchev–Trinajstić information content (AvgIpc) is 2.27. The van der Waals surface area contributed by atoms with E-state index >= 15 is 0 Å². The Hall–Kier alpha value is -0.120. The van der Waals surface area contributed by atoms with Gasteiger partial charge in [-0.2, -0.15) is 0 Å². The first-order chi connectivity index (χ1) is 5.83. The van der Waals surface area contributed by atoms with Crippen LogP contribution >= 0.6 is 0 Å². The van der Waals surface area contributed by atoms with Crippen molar-refractivity contribution in [3.8, 4) is 0 Å². The molecule has 12 heavy (non-hydrogen) atoms. The van der Waals surface area contributed by atoms with Crippen LogP contribution in [0.5, 0.6) is 0 Å². The SMILES string of the molecule is CNCCN1CCCC(O)CC1. The highest BCUT2D eigenvalue weighted by Crippen LogP contribution is 2.09. The third-order valence-electron chi connectivity index (χ3n) is 2.47. The zero-order chi connectivity index (χ0) is 8.81. The van der Waals surface area contributed by atoms with E-state index < -0.39 is 0 Å². The predicted octanol–water partition coefficient (Wildman–Crippen LogP) is 0.0526. The van der Waals surface area contributed by atoms with Crippen LogP contribution in [0.3, 0.4) is 0 Å². The molecule has 1 aliphatic heterocycles. The van der Waals surface area contributed by atoms with Gasteiger partial charge in [0.1, 0.15) is 0 Å².